The number of unbranched alkanes of at least 4 members (excludes halogenated alkanes) is 24. The Morgan fingerprint density at radius 1 is 0.545 bits per heavy atom. The summed E-state index contributed by atoms with van der Waals surface area (Å²) in [5.74, 6) is -1.28. The summed E-state index contributed by atoms with van der Waals surface area (Å²) in [5, 5.41) is 11.9. The molecule has 0 aliphatic heterocycles. The van der Waals surface area contributed by atoms with Gasteiger partial charge in [0, 0.05) is 12.8 Å². The maximum atomic E-state index is 12.8. The molecule has 2 atom stereocenters. The molecule has 320 valence electrons. The van der Waals surface area contributed by atoms with Crippen molar-refractivity contribution in [1.29, 1.82) is 0 Å². The summed E-state index contributed by atoms with van der Waals surface area (Å²) in [6, 6.07) is -0.856. The molecule has 4 N–H and O–H groups in total. The molecule has 0 saturated carbocycles. The van der Waals surface area contributed by atoms with Crippen molar-refractivity contribution in [2.75, 3.05) is 6.54 Å². The van der Waals surface area contributed by atoms with Gasteiger partial charge in [-0.25, -0.2) is 4.79 Å². The van der Waals surface area contributed by atoms with E-state index in [4.69, 9.17) is 10.5 Å². The Morgan fingerprint density at radius 3 is 1.53 bits per heavy atom. The van der Waals surface area contributed by atoms with Crippen LogP contribution in [0, 0.1) is 0 Å². The van der Waals surface area contributed by atoms with Crippen LogP contribution in [0.25, 0.3) is 0 Å². The largest absolute Gasteiger partial charge is 0.480 e. The van der Waals surface area contributed by atoms with E-state index < -0.39 is 12.0 Å². The van der Waals surface area contributed by atoms with Gasteiger partial charge in [0.25, 0.3) is 0 Å². The first-order valence-electron chi connectivity index (χ1n) is 23.3. The van der Waals surface area contributed by atoms with Gasteiger partial charge in [0.1, 0.15) is 12.1 Å². The Hall–Kier alpha value is -2.41. The minimum absolute atomic E-state index is 0.0754. The number of nitrogens with two attached hydrogens (primary N) is 1. The molecule has 0 aliphatic rings. The fraction of sp³-hybridized carbons (Fsp3) is 0.812. The van der Waals surface area contributed by atoms with E-state index in [0.717, 1.165) is 70.6 Å². The predicted octanol–water partition coefficient (Wildman–Crippen LogP) is 13.4. The first kappa shape index (κ1) is 52.6. The molecule has 0 aliphatic carbocycles. The third kappa shape index (κ3) is 39.6. The number of hydrogen-bond acceptors (Lipinski definition) is 5. The highest BCUT2D eigenvalue weighted by molar-refractivity contribution is 5.83. The molecule has 0 spiro atoms. The molecule has 0 saturated heterocycles. The molecule has 2 unspecified atom stereocenters. The minimum atomic E-state index is -1.01. The van der Waals surface area contributed by atoms with Crippen molar-refractivity contribution in [2.45, 2.75) is 244 Å². The Morgan fingerprint density at radius 2 is 1.00 bits per heavy atom. The number of carboxylic acids is 1. The van der Waals surface area contributed by atoms with Gasteiger partial charge >= 0.3 is 11.9 Å². The van der Waals surface area contributed by atoms with Crippen molar-refractivity contribution in [1.82, 2.24) is 5.32 Å². The zero-order chi connectivity index (χ0) is 40.3. The van der Waals surface area contributed by atoms with Crippen molar-refractivity contribution in [3.8, 4) is 0 Å². The van der Waals surface area contributed by atoms with E-state index in [1.807, 2.05) is 0 Å². The number of carboxylic acid groups (broad SMARTS) is 1. The van der Waals surface area contributed by atoms with Crippen LogP contribution in [0.3, 0.4) is 0 Å². The number of ether oxygens (including phenoxy) is 1. The van der Waals surface area contributed by atoms with Gasteiger partial charge < -0.3 is 20.9 Å². The molecule has 7 heteroatoms. The van der Waals surface area contributed by atoms with Crippen LogP contribution in [0.4, 0.5) is 0 Å². The molecule has 0 aromatic heterocycles. The summed E-state index contributed by atoms with van der Waals surface area (Å²) in [5.41, 5.74) is 5.48. The third-order valence-corrected chi connectivity index (χ3v) is 10.4. The molecule has 0 aromatic rings. The lowest BCUT2D eigenvalue weighted by Gasteiger charge is -2.15. The lowest BCUT2D eigenvalue weighted by atomic mass is 10.0. The zero-order valence-electron chi connectivity index (χ0n) is 36.0. The fourth-order valence-corrected chi connectivity index (χ4v) is 6.87. The topological polar surface area (TPSA) is 119 Å². The van der Waals surface area contributed by atoms with Gasteiger partial charge in [-0.1, -0.05) is 166 Å². The number of nitrogens with one attached hydrogen (secondary N) is 1. The summed E-state index contributed by atoms with van der Waals surface area (Å²) >= 11 is 0. The Balaban J connectivity index is 4.22. The van der Waals surface area contributed by atoms with Gasteiger partial charge in [-0.05, 0) is 96.1 Å². The van der Waals surface area contributed by atoms with Crippen LogP contribution < -0.4 is 11.1 Å². The summed E-state index contributed by atoms with van der Waals surface area (Å²) in [4.78, 5) is 36.3. The van der Waals surface area contributed by atoms with Crippen molar-refractivity contribution in [3.63, 3.8) is 0 Å². The predicted molar refractivity (Wildman–Crippen MR) is 234 cm³/mol. The molecule has 0 fully saturated rings. The van der Waals surface area contributed by atoms with E-state index in [0.29, 0.717) is 32.2 Å². The standard InChI is InChI=1S/C48H88N2O5/c1-3-5-7-9-11-13-14-15-16-17-18-19-20-21-22-24-26-32-36-42-47(52)55-44(38-33-29-25-23-12-10-8-6-4-2)39-34-30-27-28-31-35-41-46(51)50-45(48(53)54)40-37-43-49/h15-16,23,25,33,38,44-45H,3-14,17-22,24,26-32,34-37,39-43,49H2,1-2H3,(H,50,51)(H,53,54)/b16-15-,25-23-,38-33-. The minimum Gasteiger partial charge on any atom is -0.480 e. The third-order valence-electron chi connectivity index (χ3n) is 10.4. The number of carbonyl (C=O) groups is 3. The highest BCUT2D eigenvalue weighted by Gasteiger charge is 2.18. The van der Waals surface area contributed by atoms with Crippen LogP contribution in [0.15, 0.2) is 36.5 Å². The second-order valence-electron chi connectivity index (χ2n) is 15.8. The molecular weight excluding hydrogens is 685 g/mol. The van der Waals surface area contributed by atoms with E-state index in [9.17, 15) is 19.5 Å². The van der Waals surface area contributed by atoms with Gasteiger partial charge in [-0.15, -0.1) is 0 Å². The number of amides is 1. The highest BCUT2D eigenvalue weighted by atomic mass is 16.5. The van der Waals surface area contributed by atoms with Crippen LogP contribution in [0.2, 0.25) is 0 Å². The SMILES string of the molecule is CCCCCC/C=C\C/C=C\C(CCCCCCCCC(=O)NC(CCCN)C(=O)O)OC(=O)CCCCCCCCCCC/C=C\CCCCCCCC. The molecule has 0 aromatic carbocycles. The van der Waals surface area contributed by atoms with Crippen LogP contribution in [0.1, 0.15) is 232 Å². The second-order valence-corrected chi connectivity index (χ2v) is 15.8. The summed E-state index contributed by atoms with van der Waals surface area (Å²) in [7, 11) is 0. The molecule has 1 amide bonds. The van der Waals surface area contributed by atoms with E-state index in [2.05, 4.69) is 55.6 Å². The number of carbonyl (C=O) groups excluding carboxylic acids is 2. The van der Waals surface area contributed by atoms with Crippen molar-refractivity contribution < 1.29 is 24.2 Å². The molecule has 0 bridgehead atoms. The number of esters is 1. The lowest BCUT2D eigenvalue weighted by molar-refractivity contribution is -0.147. The van der Waals surface area contributed by atoms with Crippen LogP contribution in [-0.2, 0) is 19.1 Å². The highest BCUT2D eigenvalue weighted by Crippen LogP contribution is 2.16. The van der Waals surface area contributed by atoms with Gasteiger partial charge in [-0.2, -0.15) is 0 Å². The maximum absolute atomic E-state index is 12.8. The Labute approximate surface area is 339 Å². The maximum Gasteiger partial charge on any atom is 0.326 e. The monoisotopic (exact) mass is 773 g/mol. The fourth-order valence-electron chi connectivity index (χ4n) is 6.87. The first-order valence-corrected chi connectivity index (χ1v) is 23.3. The van der Waals surface area contributed by atoms with Crippen LogP contribution in [-0.4, -0.2) is 41.6 Å². The summed E-state index contributed by atoms with van der Waals surface area (Å²) < 4.78 is 5.96. The van der Waals surface area contributed by atoms with Gasteiger partial charge in [0.15, 0.2) is 0 Å². The summed E-state index contributed by atoms with van der Waals surface area (Å²) in [6.07, 6.45) is 50.7. The van der Waals surface area contributed by atoms with Crippen molar-refractivity contribution in [2.24, 2.45) is 5.73 Å². The normalized spacial score (nSPS) is 12.9. The van der Waals surface area contributed by atoms with E-state index >= 15 is 0 Å². The Kier molecular flexibility index (Phi) is 40.9. The van der Waals surface area contributed by atoms with Crippen molar-refractivity contribution in [3.05, 3.63) is 36.5 Å². The van der Waals surface area contributed by atoms with Gasteiger partial charge in [0.2, 0.25) is 5.91 Å². The summed E-state index contributed by atoms with van der Waals surface area (Å²) in [6.45, 7) is 4.92. The van der Waals surface area contributed by atoms with Crippen molar-refractivity contribution >= 4 is 17.8 Å². The zero-order valence-corrected chi connectivity index (χ0v) is 36.0. The average Bonchev–Trinajstić information content (AvgIpc) is 3.17. The van der Waals surface area contributed by atoms with Gasteiger partial charge in [0.05, 0.1) is 0 Å². The molecule has 0 heterocycles. The number of rotatable bonds is 42. The quantitative estimate of drug-likeness (QED) is 0.0323. The number of hydrogen-bond donors (Lipinski definition) is 3. The van der Waals surface area contributed by atoms with Crippen LogP contribution in [0.5, 0.6) is 0 Å². The lowest BCUT2D eigenvalue weighted by Crippen LogP contribution is -2.40. The number of allylic oxidation sites excluding steroid dienone is 5. The average molecular weight is 773 g/mol. The smallest absolute Gasteiger partial charge is 0.326 e. The van der Waals surface area contributed by atoms with Crippen LogP contribution >= 0.6 is 0 Å². The molecule has 0 rings (SSSR count). The van der Waals surface area contributed by atoms with Gasteiger partial charge in [-0.3, -0.25) is 9.59 Å². The molecule has 55 heavy (non-hydrogen) atoms. The molecule has 0 radical (unpaired) electrons. The molecular formula is C48H88N2O5. The molecule has 7 nitrogen and oxygen atoms in total. The number of aliphatic carboxylic acids is 1. The van der Waals surface area contributed by atoms with E-state index in [1.165, 1.54) is 122 Å². The van der Waals surface area contributed by atoms with E-state index in [-0.39, 0.29) is 18.0 Å². The van der Waals surface area contributed by atoms with E-state index in [1.54, 1.807) is 0 Å². The first-order chi connectivity index (χ1) is 26.9. The Bertz CT molecular complexity index is 962. The second kappa shape index (κ2) is 42.7.